The third-order valence-electron chi connectivity index (χ3n) is 10.3. The minimum Gasteiger partial charge on any atom is -0.460 e. The number of hydrogen-bond donors (Lipinski definition) is 1. The van der Waals surface area contributed by atoms with E-state index in [1.54, 1.807) is 0 Å². The van der Waals surface area contributed by atoms with E-state index in [0.29, 0.717) is 32.1 Å². The maximum absolute atomic E-state index is 13.4. The molecule has 0 heterocycles. The average Bonchev–Trinajstić information content (AvgIpc) is 3.11. The number of ketones is 2. The number of esters is 1. The fraction of sp³-hybridized carbons (Fsp3) is 0.885. The second kappa shape index (κ2) is 9.01. The van der Waals surface area contributed by atoms with Crippen molar-refractivity contribution in [2.45, 2.75) is 91.1 Å². The molecule has 4 rings (SSSR count). The van der Waals surface area contributed by atoms with Crippen molar-refractivity contribution in [3.8, 4) is 0 Å². The molecule has 9 atom stereocenters. The van der Waals surface area contributed by atoms with Crippen LogP contribution in [0.3, 0.4) is 0 Å². The summed E-state index contributed by atoms with van der Waals surface area (Å²) in [4.78, 5) is 37.4. The zero-order valence-corrected chi connectivity index (χ0v) is 20.0. The van der Waals surface area contributed by atoms with Gasteiger partial charge in [-0.2, -0.15) is 0 Å². The molecule has 0 aromatic heterocycles. The highest BCUT2D eigenvalue weighted by molar-refractivity contribution is 5.86. The molecule has 4 fully saturated rings. The number of carbonyl (C=O) groups excluding carboxylic acids is 3. The summed E-state index contributed by atoms with van der Waals surface area (Å²) in [5.74, 6) is 0.429. The van der Waals surface area contributed by atoms with Crippen molar-refractivity contribution in [1.82, 2.24) is 0 Å². The number of Topliss-reactive ketones (excluding diaryl/α,β-unsaturated/α-hetero) is 2. The molecule has 4 aliphatic rings. The fourth-order valence-corrected chi connectivity index (χ4v) is 8.43. The first kappa shape index (κ1) is 24.7. The molecule has 7 heteroatoms. The van der Waals surface area contributed by atoms with Gasteiger partial charge in [-0.05, 0) is 67.1 Å². The Morgan fingerprint density at radius 2 is 1.91 bits per heavy atom. The summed E-state index contributed by atoms with van der Waals surface area (Å²) >= 11 is 0. The van der Waals surface area contributed by atoms with E-state index in [9.17, 15) is 28.3 Å². The van der Waals surface area contributed by atoms with Crippen LogP contribution in [0.4, 0.5) is 8.78 Å². The monoisotopic (exact) mass is 468 g/mol. The molecule has 0 radical (unpaired) electrons. The Kier molecular flexibility index (Phi) is 6.76. The minimum absolute atomic E-state index is 0.0685. The number of halogens is 2. The molecular formula is C26H38F2O5. The standard InChI is InChI=1S/C26H38F2O5/c1-14(4-7-23(32)33-13-22(27)28)17-5-6-18-24-19(12-21(31)26(17,18)3)25(2)9-8-16(29)10-15(25)11-20(24)30/h14-15,17-19,21-22,24,31H,4-13H2,1-3H3/t14-,15+,17-,18+,19+,21?,24+,25+,26-/m1/s1. The Balaban J connectivity index is 1.49. The predicted octanol–water partition coefficient (Wildman–Crippen LogP) is 4.59. The van der Waals surface area contributed by atoms with Crippen molar-refractivity contribution in [3.05, 3.63) is 0 Å². The van der Waals surface area contributed by atoms with E-state index < -0.39 is 30.5 Å². The number of fused-ring (bicyclic) bond motifs is 5. The number of ether oxygens (including phenoxy) is 1. The Labute approximate surface area is 195 Å². The molecule has 0 aromatic carbocycles. The predicted molar refractivity (Wildman–Crippen MR) is 117 cm³/mol. The Hall–Kier alpha value is -1.37. The molecule has 0 spiro atoms. The van der Waals surface area contributed by atoms with Gasteiger partial charge in [0.05, 0.1) is 6.10 Å². The molecule has 5 nitrogen and oxygen atoms in total. The molecule has 4 aliphatic carbocycles. The van der Waals surface area contributed by atoms with Crippen LogP contribution in [0.15, 0.2) is 0 Å². The quantitative estimate of drug-likeness (QED) is 0.577. The number of hydrogen-bond acceptors (Lipinski definition) is 5. The summed E-state index contributed by atoms with van der Waals surface area (Å²) in [5, 5.41) is 11.5. The molecule has 0 aliphatic heterocycles. The number of alkyl halides is 2. The van der Waals surface area contributed by atoms with E-state index >= 15 is 0 Å². The van der Waals surface area contributed by atoms with E-state index in [0.717, 1.165) is 19.3 Å². The Bertz CT molecular complexity index is 800. The van der Waals surface area contributed by atoms with Crippen molar-refractivity contribution < 1.29 is 33.0 Å². The van der Waals surface area contributed by atoms with Crippen LogP contribution in [0.5, 0.6) is 0 Å². The Morgan fingerprint density at radius 3 is 2.61 bits per heavy atom. The van der Waals surface area contributed by atoms with E-state index in [1.807, 2.05) is 0 Å². The molecule has 0 bridgehead atoms. The van der Waals surface area contributed by atoms with Gasteiger partial charge in [0.25, 0.3) is 6.43 Å². The summed E-state index contributed by atoms with van der Waals surface area (Å²) < 4.78 is 29.2. The van der Waals surface area contributed by atoms with Crippen LogP contribution in [0.1, 0.15) is 78.6 Å². The third-order valence-corrected chi connectivity index (χ3v) is 10.3. The largest absolute Gasteiger partial charge is 0.460 e. The molecule has 1 N–H and O–H groups in total. The number of aliphatic hydroxyl groups is 1. The van der Waals surface area contributed by atoms with E-state index in [-0.39, 0.29) is 58.9 Å². The third kappa shape index (κ3) is 4.17. The second-order valence-corrected chi connectivity index (χ2v) is 11.7. The zero-order valence-electron chi connectivity index (χ0n) is 20.0. The lowest BCUT2D eigenvalue weighted by Gasteiger charge is -2.61. The maximum atomic E-state index is 13.4. The molecular weight excluding hydrogens is 430 g/mol. The van der Waals surface area contributed by atoms with Gasteiger partial charge in [-0.15, -0.1) is 0 Å². The average molecular weight is 469 g/mol. The van der Waals surface area contributed by atoms with Gasteiger partial charge in [0, 0.05) is 37.0 Å². The lowest BCUT2D eigenvalue weighted by molar-refractivity contribution is -0.178. The van der Waals surface area contributed by atoms with Gasteiger partial charge in [-0.25, -0.2) is 8.78 Å². The molecule has 1 unspecified atom stereocenters. The van der Waals surface area contributed by atoms with Gasteiger partial charge in [0.15, 0.2) is 6.61 Å². The van der Waals surface area contributed by atoms with E-state index in [4.69, 9.17) is 0 Å². The van der Waals surface area contributed by atoms with Crippen LogP contribution >= 0.6 is 0 Å². The van der Waals surface area contributed by atoms with E-state index in [1.165, 1.54) is 0 Å². The fourth-order valence-electron chi connectivity index (χ4n) is 8.43. The first-order valence-corrected chi connectivity index (χ1v) is 12.6. The van der Waals surface area contributed by atoms with Gasteiger partial charge in [0.2, 0.25) is 0 Å². The van der Waals surface area contributed by atoms with Crippen molar-refractivity contribution >= 4 is 17.5 Å². The van der Waals surface area contributed by atoms with Gasteiger partial charge in [-0.1, -0.05) is 20.8 Å². The van der Waals surface area contributed by atoms with Crippen LogP contribution in [-0.2, 0) is 19.1 Å². The van der Waals surface area contributed by atoms with Gasteiger partial charge in [-0.3, -0.25) is 14.4 Å². The van der Waals surface area contributed by atoms with Crippen molar-refractivity contribution in [3.63, 3.8) is 0 Å². The SMILES string of the molecule is C[C@H](CCC(=O)OCC(F)F)[C@H]1CC[C@H]2[C@@H]3C(=O)C[C@@H]4CC(=O)CC[C@]4(C)[C@H]3CC(O)[C@]12C. The molecule has 4 saturated carbocycles. The topological polar surface area (TPSA) is 80.7 Å². The van der Waals surface area contributed by atoms with Crippen molar-refractivity contribution in [1.29, 1.82) is 0 Å². The lowest BCUT2D eigenvalue weighted by Crippen LogP contribution is -2.61. The highest BCUT2D eigenvalue weighted by atomic mass is 19.3. The molecule has 0 amide bonds. The first-order chi connectivity index (χ1) is 15.5. The second-order valence-electron chi connectivity index (χ2n) is 11.7. The van der Waals surface area contributed by atoms with Gasteiger partial charge >= 0.3 is 5.97 Å². The normalized spacial score (nSPS) is 43.6. The smallest absolute Gasteiger partial charge is 0.305 e. The zero-order chi connectivity index (χ0) is 24.1. The summed E-state index contributed by atoms with van der Waals surface area (Å²) in [6.07, 6.45) is 2.11. The van der Waals surface area contributed by atoms with Crippen molar-refractivity contribution in [2.75, 3.05) is 6.61 Å². The van der Waals surface area contributed by atoms with Crippen LogP contribution in [0, 0.1) is 46.3 Å². The van der Waals surface area contributed by atoms with Gasteiger partial charge in [0.1, 0.15) is 11.6 Å². The Morgan fingerprint density at radius 1 is 1.18 bits per heavy atom. The summed E-state index contributed by atoms with van der Waals surface area (Å²) in [6.45, 7) is 5.55. The van der Waals surface area contributed by atoms with Crippen LogP contribution in [0.25, 0.3) is 0 Å². The summed E-state index contributed by atoms with van der Waals surface area (Å²) in [7, 11) is 0. The van der Waals surface area contributed by atoms with Crippen LogP contribution in [0.2, 0.25) is 0 Å². The highest BCUT2D eigenvalue weighted by Gasteiger charge is 2.65. The van der Waals surface area contributed by atoms with E-state index in [2.05, 4.69) is 25.5 Å². The lowest BCUT2D eigenvalue weighted by atomic mass is 9.43. The first-order valence-electron chi connectivity index (χ1n) is 12.6. The summed E-state index contributed by atoms with van der Waals surface area (Å²) in [5.41, 5.74) is -0.482. The highest BCUT2D eigenvalue weighted by Crippen LogP contribution is 2.67. The van der Waals surface area contributed by atoms with Crippen LogP contribution < -0.4 is 0 Å². The van der Waals surface area contributed by atoms with Gasteiger partial charge < -0.3 is 9.84 Å². The molecule has 186 valence electrons. The maximum Gasteiger partial charge on any atom is 0.305 e. The van der Waals surface area contributed by atoms with Crippen molar-refractivity contribution in [2.24, 2.45) is 46.3 Å². The summed E-state index contributed by atoms with van der Waals surface area (Å²) in [6, 6.07) is 0. The number of carbonyl (C=O) groups is 3. The minimum atomic E-state index is -2.66. The number of aliphatic hydroxyl groups excluding tert-OH is 1. The molecule has 33 heavy (non-hydrogen) atoms. The number of rotatable bonds is 6. The van der Waals surface area contributed by atoms with Crippen LogP contribution in [-0.4, -0.2) is 41.8 Å². The molecule has 0 aromatic rings. The molecule has 0 saturated heterocycles.